The predicted octanol–water partition coefficient (Wildman–Crippen LogP) is 3.72. The molecule has 0 unspecified atom stereocenters. The van der Waals surface area contributed by atoms with E-state index in [1.165, 1.54) is 34.6 Å². The third kappa shape index (κ3) is 3.44. The first-order valence-corrected chi connectivity index (χ1v) is 9.07. The molecule has 1 saturated carbocycles. The van der Waals surface area contributed by atoms with Crippen LogP contribution in [0.1, 0.15) is 24.1 Å². The monoisotopic (exact) mass is 354 g/mol. The molecule has 1 aliphatic rings. The average molecular weight is 354 g/mol. The van der Waals surface area contributed by atoms with Crippen LogP contribution in [0.3, 0.4) is 0 Å². The van der Waals surface area contributed by atoms with Gasteiger partial charge in [-0.05, 0) is 37.0 Å². The van der Waals surface area contributed by atoms with Crippen molar-refractivity contribution in [2.75, 3.05) is 13.7 Å². The molecule has 1 aromatic carbocycles. The molecule has 5 nitrogen and oxygen atoms in total. The van der Waals surface area contributed by atoms with E-state index in [9.17, 15) is 4.79 Å². The SMILES string of the molecule is COc1cccc(/C=C/c2cc(=O)n3ccsc3n2)c1OCC1CC1. The fraction of sp³-hybridized carbons (Fsp3) is 0.263. The van der Waals surface area contributed by atoms with Crippen LogP contribution in [0.2, 0.25) is 0 Å². The van der Waals surface area contributed by atoms with Crippen molar-refractivity contribution in [2.24, 2.45) is 5.92 Å². The van der Waals surface area contributed by atoms with Gasteiger partial charge in [-0.2, -0.15) is 0 Å². The minimum atomic E-state index is -0.0817. The molecule has 0 radical (unpaired) electrons. The highest BCUT2D eigenvalue weighted by Gasteiger charge is 2.23. The van der Waals surface area contributed by atoms with Gasteiger partial charge in [0.15, 0.2) is 16.5 Å². The highest BCUT2D eigenvalue weighted by Crippen LogP contribution is 2.35. The van der Waals surface area contributed by atoms with Crippen LogP contribution in [0, 0.1) is 5.92 Å². The van der Waals surface area contributed by atoms with E-state index in [1.54, 1.807) is 13.3 Å². The Morgan fingerprint density at radius 2 is 2.24 bits per heavy atom. The smallest absolute Gasteiger partial charge is 0.259 e. The summed E-state index contributed by atoms with van der Waals surface area (Å²) in [6, 6.07) is 7.31. The molecule has 1 aliphatic carbocycles. The number of rotatable bonds is 6. The molecule has 0 N–H and O–H groups in total. The molecule has 4 rings (SSSR count). The topological polar surface area (TPSA) is 52.8 Å². The lowest BCUT2D eigenvalue weighted by Crippen LogP contribution is -2.11. The zero-order valence-electron chi connectivity index (χ0n) is 13.8. The van der Waals surface area contributed by atoms with Gasteiger partial charge in [-0.3, -0.25) is 9.20 Å². The third-order valence-electron chi connectivity index (χ3n) is 4.15. The molecule has 0 aliphatic heterocycles. The van der Waals surface area contributed by atoms with Gasteiger partial charge in [0.25, 0.3) is 5.56 Å². The van der Waals surface area contributed by atoms with Gasteiger partial charge in [-0.1, -0.05) is 12.1 Å². The van der Waals surface area contributed by atoms with Crippen molar-refractivity contribution < 1.29 is 9.47 Å². The number of ether oxygens (including phenoxy) is 2. The fourth-order valence-electron chi connectivity index (χ4n) is 2.58. The molecule has 0 spiro atoms. The summed E-state index contributed by atoms with van der Waals surface area (Å²) in [6.07, 6.45) is 7.94. The van der Waals surface area contributed by atoms with Crippen molar-refractivity contribution >= 4 is 28.4 Å². The van der Waals surface area contributed by atoms with Gasteiger partial charge in [0, 0.05) is 23.2 Å². The maximum Gasteiger partial charge on any atom is 0.259 e. The molecular formula is C19H18N2O3S. The minimum absolute atomic E-state index is 0.0817. The third-order valence-corrected chi connectivity index (χ3v) is 4.90. The summed E-state index contributed by atoms with van der Waals surface area (Å²) in [5.41, 5.74) is 1.46. The minimum Gasteiger partial charge on any atom is -0.493 e. The van der Waals surface area contributed by atoms with Gasteiger partial charge in [0.05, 0.1) is 19.4 Å². The lowest BCUT2D eigenvalue weighted by molar-refractivity contribution is 0.280. The van der Waals surface area contributed by atoms with E-state index in [1.807, 2.05) is 35.7 Å². The summed E-state index contributed by atoms with van der Waals surface area (Å²) in [4.78, 5) is 17.2. The van der Waals surface area contributed by atoms with E-state index in [0.29, 0.717) is 28.9 Å². The lowest BCUT2D eigenvalue weighted by Gasteiger charge is -2.13. The molecule has 3 aromatic rings. The molecular weight excluding hydrogens is 336 g/mol. The van der Waals surface area contributed by atoms with E-state index >= 15 is 0 Å². The molecule has 1 fully saturated rings. The molecule has 0 atom stereocenters. The van der Waals surface area contributed by atoms with Gasteiger partial charge in [0.1, 0.15) is 0 Å². The van der Waals surface area contributed by atoms with Crippen molar-refractivity contribution in [1.82, 2.24) is 9.38 Å². The van der Waals surface area contributed by atoms with E-state index in [4.69, 9.17) is 9.47 Å². The summed E-state index contributed by atoms with van der Waals surface area (Å²) >= 11 is 1.44. The van der Waals surface area contributed by atoms with Gasteiger partial charge < -0.3 is 9.47 Å². The molecule has 6 heteroatoms. The Balaban J connectivity index is 1.65. The van der Waals surface area contributed by atoms with E-state index < -0.39 is 0 Å². The quantitative estimate of drug-likeness (QED) is 0.677. The number of fused-ring (bicyclic) bond motifs is 1. The van der Waals surface area contributed by atoms with E-state index in [-0.39, 0.29) is 5.56 Å². The first-order chi connectivity index (χ1) is 12.2. The summed E-state index contributed by atoms with van der Waals surface area (Å²) in [7, 11) is 1.64. The molecule has 0 amide bonds. The Kier molecular flexibility index (Phi) is 4.28. The zero-order valence-corrected chi connectivity index (χ0v) is 14.7. The Morgan fingerprint density at radius 1 is 1.36 bits per heavy atom. The number of para-hydroxylation sites is 1. The van der Waals surface area contributed by atoms with Gasteiger partial charge in [-0.25, -0.2) is 4.98 Å². The second-order valence-corrected chi connectivity index (χ2v) is 6.91. The van der Waals surface area contributed by atoms with Crippen LogP contribution in [0.15, 0.2) is 40.6 Å². The van der Waals surface area contributed by atoms with Crippen LogP contribution in [0.25, 0.3) is 17.1 Å². The molecule has 2 aromatic heterocycles. The number of aromatic nitrogens is 2. The number of nitrogens with zero attached hydrogens (tertiary/aromatic N) is 2. The van der Waals surface area contributed by atoms with Gasteiger partial charge >= 0.3 is 0 Å². The van der Waals surface area contributed by atoms with Crippen molar-refractivity contribution in [3.8, 4) is 11.5 Å². The number of hydrogen-bond donors (Lipinski definition) is 0. The van der Waals surface area contributed by atoms with Crippen molar-refractivity contribution in [2.45, 2.75) is 12.8 Å². The van der Waals surface area contributed by atoms with Crippen LogP contribution in [-0.4, -0.2) is 23.1 Å². The summed E-state index contributed by atoms with van der Waals surface area (Å²) < 4.78 is 13.0. The summed E-state index contributed by atoms with van der Waals surface area (Å²) in [5.74, 6) is 2.11. The normalized spacial score (nSPS) is 14.3. The number of hydrogen-bond acceptors (Lipinski definition) is 5. The van der Waals surface area contributed by atoms with Crippen LogP contribution in [-0.2, 0) is 0 Å². The van der Waals surface area contributed by atoms with Crippen LogP contribution < -0.4 is 15.0 Å². The number of benzene rings is 1. The largest absolute Gasteiger partial charge is 0.493 e. The molecule has 128 valence electrons. The lowest BCUT2D eigenvalue weighted by atomic mass is 10.1. The Morgan fingerprint density at radius 3 is 3.04 bits per heavy atom. The Hall–Kier alpha value is -2.60. The maximum absolute atomic E-state index is 12.1. The maximum atomic E-state index is 12.1. The Bertz CT molecular complexity index is 986. The second kappa shape index (κ2) is 6.72. The van der Waals surface area contributed by atoms with Crippen LogP contribution >= 0.6 is 11.3 Å². The first kappa shape index (κ1) is 15.9. The molecule has 25 heavy (non-hydrogen) atoms. The molecule has 0 bridgehead atoms. The first-order valence-electron chi connectivity index (χ1n) is 8.19. The van der Waals surface area contributed by atoms with Crippen molar-refractivity contribution in [3.05, 3.63) is 57.5 Å². The highest BCUT2D eigenvalue weighted by atomic mass is 32.1. The summed E-state index contributed by atoms with van der Waals surface area (Å²) in [6.45, 7) is 0.710. The summed E-state index contributed by atoms with van der Waals surface area (Å²) in [5, 5.41) is 1.85. The van der Waals surface area contributed by atoms with E-state index in [2.05, 4.69) is 4.98 Å². The van der Waals surface area contributed by atoms with E-state index in [0.717, 1.165) is 11.3 Å². The number of thiazole rings is 1. The second-order valence-electron chi connectivity index (χ2n) is 6.04. The van der Waals surface area contributed by atoms with Gasteiger partial charge in [-0.15, -0.1) is 11.3 Å². The zero-order chi connectivity index (χ0) is 17.2. The Labute approximate surface area is 149 Å². The van der Waals surface area contributed by atoms with Gasteiger partial charge in [0.2, 0.25) is 0 Å². The van der Waals surface area contributed by atoms with Crippen molar-refractivity contribution in [1.29, 1.82) is 0 Å². The highest BCUT2D eigenvalue weighted by molar-refractivity contribution is 7.15. The standard InChI is InChI=1S/C19H18N2O3S/c1-23-16-4-2-3-14(18(16)24-12-13-5-6-13)7-8-15-11-17(22)21-9-10-25-19(21)20-15/h2-4,7-11,13H,5-6,12H2,1H3/b8-7+. The predicted molar refractivity (Wildman–Crippen MR) is 99.5 cm³/mol. The fourth-order valence-corrected chi connectivity index (χ4v) is 3.31. The van der Waals surface area contributed by atoms with Crippen molar-refractivity contribution in [3.63, 3.8) is 0 Å². The molecule has 2 heterocycles. The average Bonchev–Trinajstić information content (AvgIpc) is 3.33. The van der Waals surface area contributed by atoms with Crippen LogP contribution in [0.5, 0.6) is 11.5 Å². The van der Waals surface area contributed by atoms with Crippen LogP contribution in [0.4, 0.5) is 0 Å². The molecule has 0 saturated heterocycles. The number of methoxy groups -OCH3 is 1.